The van der Waals surface area contributed by atoms with E-state index in [9.17, 15) is 13.2 Å². The van der Waals surface area contributed by atoms with Gasteiger partial charge in [-0.1, -0.05) is 18.2 Å². The molecule has 4 rings (SSSR count). The number of hydrogen-bond acceptors (Lipinski definition) is 5. The van der Waals surface area contributed by atoms with Crippen LogP contribution in [-0.4, -0.2) is 41.3 Å². The van der Waals surface area contributed by atoms with Crippen molar-refractivity contribution in [1.29, 1.82) is 0 Å². The molecule has 2 heterocycles. The zero-order valence-corrected chi connectivity index (χ0v) is 14.4. The number of anilines is 2. The van der Waals surface area contributed by atoms with Gasteiger partial charge in [-0.15, -0.1) is 0 Å². The van der Waals surface area contributed by atoms with Gasteiger partial charge in [-0.25, -0.2) is 15.0 Å². The second kappa shape index (κ2) is 7.13. The number of nitrogens with zero attached hydrogens (tertiary/aromatic N) is 4. The molecule has 1 aliphatic heterocycles. The molecule has 0 unspecified atom stereocenters. The maximum atomic E-state index is 13.2. The van der Waals surface area contributed by atoms with Crippen LogP contribution in [0.1, 0.15) is 5.56 Å². The average Bonchev–Trinajstić information content (AvgIpc) is 2.69. The molecule has 1 aromatic heterocycles. The van der Waals surface area contributed by atoms with E-state index >= 15 is 0 Å². The number of ether oxygens (including phenoxy) is 1. The standard InChI is InChI=1S/C19H17F3N4O/c20-19(21,22)14-6-7-17-16(12-14)18(24-13-23-17)26(15-4-2-1-3-5-15)25-8-10-27-11-9-25/h1-7,12-13H,8-11H2. The lowest BCUT2D eigenvalue weighted by molar-refractivity contribution is -0.137. The Morgan fingerprint density at radius 1 is 0.963 bits per heavy atom. The van der Waals surface area contributed by atoms with Crippen molar-refractivity contribution in [2.24, 2.45) is 0 Å². The third-order valence-electron chi connectivity index (χ3n) is 4.41. The van der Waals surface area contributed by atoms with Gasteiger partial charge < -0.3 is 4.74 Å². The molecular weight excluding hydrogens is 357 g/mol. The van der Waals surface area contributed by atoms with E-state index < -0.39 is 11.7 Å². The van der Waals surface area contributed by atoms with Crippen LogP contribution < -0.4 is 5.01 Å². The van der Waals surface area contributed by atoms with Gasteiger partial charge in [0.2, 0.25) is 0 Å². The Bertz CT molecular complexity index is 927. The number of benzene rings is 2. The number of hydrazine groups is 1. The SMILES string of the molecule is FC(F)(F)c1ccc2ncnc(N(c3ccccc3)N3CCOCC3)c2c1. The highest BCUT2D eigenvalue weighted by molar-refractivity contribution is 5.91. The molecule has 0 bridgehead atoms. The Balaban J connectivity index is 1.89. The van der Waals surface area contributed by atoms with Gasteiger partial charge in [0.15, 0.2) is 5.82 Å². The van der Waals surface area contributed by atoms with E-state index in [1.54, 1.807) is 0 Å². The number of aromatic nitrogens is 2. The van der Waals surface area contributed by atoms with Crippen LogP contribution >= 0.6 is 0 Å². The van der Waals surface area contributed by atoms with E-state index in [0.717, 1.165) is 17.8 Å². The molecule has 1 aliphatic rings. The van der Waals surface area contributed by atoms with Crippen molar-refractivity contribution in [3.05, 3.63) is 60.4 Å². The first-order valence-electron chi connectivity index (χ1n) is 8.54. The zero-order valence-electron chi connectivity index (χ0n) is 14.4. The predicted molar refractivity (Wildman–Crippen MR) is 95.5 cm³/mol. The molecule has 3 aromatic rings. The van der Waals surface area contributed by atoms with Crippen molar-refractivity contribution < 1.29 is 17.9 Å². The molecule has 8 heteroatoms. The number of halogens is 3. The van der Waals surface area contributed by atoms with E-state index in [1.165, 1.54) is 12.4 Å². The lowest BCUT2D eigenvalue weighted by atomic mass is 10.1. The Labute approximate surface area is 154 Å². The summed E-state index contributed by atoms with van der Waals surface area (Å²) in [6, 6.07) is 13.0. The maximum absolute atomic E-state index is 13.2. The summed E-state index contributed by atoms with van der Waals surface area (Å²) in [4.78, 5) is 8.48. The summed E-state index contributed by atoms with van der Waals surface area (Å²) in [5, 5.41) is 4.23. The normalized spacial score (nSPS) is 15.8. The molecule has 1 saturated heterocycles. The Kier molecular flexibility index (Phi) is 4.67. The third-order valence-corrected chi connectivity index (χ3v) is 4.41. The number of alkyl halides is 3. The number of para-hydroxylation sites is 1. The van der Waals surface area contributed by atoms with Crippen molar-refractivity contribution >= 4 is 22.4 Å². The van der Waals surface area contributed by atoms with Crippen molar-refractivity contribution in [3.63, 3.8) is 0 Å². The van der Waals surface area contributed by atoms with Gasteiger partial charge in [-0.2, -0.15) is 13.2 Å². The highest BCUT2D eigenvalue weighted by Crippen LogP contribution is 2.36. The van der Waals surface area contributed by atoms with Crippen LogP contribution in [-0.2, 0) is 10.9 Å². The minimum absolute atomic E-state index is 0.350. The molecule has 0 aliphatic carbocycles. The highest BCUT2D eigenvalue weighted by atomic mass is 19.4. The van der Waals surface area contributed by atoms with Gasteiger partial charge in [-0.05, 0) is 30.3 Å². The van der Waals surface area contributed by atoms with Gasteiger partial charge in [0.05, 0.1) is 30.0 Å². The quantitative estimate of drug-likeness (QED) is 0.692. The largest absolute Gasteiger partial charge is 0.416 e. The van der Waals surface area contributed by atoms with E-state index in [2.05, 4.69) is 9.97 Å². The number of morpholine rings is 1. The lowest BCUT2D eigenvalue weighted by Gasteiger charge is -2.38. The molecule has 0 amide bonds. The number of hydrogen-bond donors (Lipinski definition) is 0. The monoisotopic (exact) mass is 374 g/mol. The summed E-state index contributed by atoms with van der Waals surface area (Å²) >= 11 is 0. The molecule has 0 N–H and O–H groups in total. The summed E-state index contributed by atoms with van der Waals surface area (Å²) < 4.78 is 45.2. The van der Waals surface area contributed by atoms with E-state index in [1.807, 2.05) is 40.3 Å². The summed E-state index contributed by atoms with van der Waals surface area (Å²) in [5.41, 5.74) is 0.556. The first-order chi connectivity index (χ1) is 13.0. The van der Waals surface area contributed by atoms with Crippen molar-refractivity contribution in [2.75, 3.05) is 31.3 Å². The first-order valence-corrected chi connectivity index (χ1v) is 8.54. The second-order valence-electron chi connectivity index (χ2n) is 6.14. The molecule has 1 fully saturated rings. The fourth-order valence-corrected chi connectivity index (χ4v) is 3.13. The van der Waals surface area contributed by atoms with Crippen molar-refractivity contribution in [1.82, 2.24) is 15.0 Å². The number of fused-ring (bicyclic) bond motifs is 1. The van der Waals surface area contributed by atoms with Gasteiger partial charge in [0.25, 0.3) is 0 Å². The number of rotatable bonds is 3. The summed E-state index contributed by atoms with van der Waals surface area (Å²) in [5.74, 6) is 0.416. The molecule has 0 atom stereocenters. The Hall–Kier alpha value is -2.71. The van der Waals surface area contributed by atoms with E-state index in [-0.39, 0.29) is 0 Å². The lowest BCUT2D eigenvalue weighted by Crippen LogP contribution is -2.47. The summed E-state index contributed by atoms with van der Waals surface area (Å²) in [6.45, 7) is 2.30. The first kappa shape index (κ1) is 17.7. The molecule has 0 radical (unpaired) electrons. The van der Waals surface area contributed by atoms with Crippen LogP contribution in [0.2, 0.25) is 0 Å². The minimum Gasteiger partial charge on any atom is -0.379 e. The smallest absolute Gasteiger partial charge is 0.379 e. The van der Waals surface area contributed by atoms with Gasteiger partial charge in [0.1, 0.15) is 6.33 Å². The average molecular weight is 374 g/mol. The molecule has 0 spiro atoms. The van der Waals surface area contributed by atoms with E-state index in [4.69, 9.17) is 4.74 Å². The molecule has 0 saturated carbocycles. The Morgan fingerprint density at radius 3 is 2.41 bits per heavy atom. The fourth-order valence-electron chi connectivity index (χ4n) is 3.13. The zero-order chi connectivity index (χ0) is 18.9. The van der Waals surface area contributed by atoms with Crippen LogP contribution in [0.4, 0.5) is 24.7 Å². The molecule has 5 nitrogen and oxygen atoms in total. The van der Waals surface area contributed by atoms with Gasteiger partial charge in [-0.3, -0.25) is 5.01 Å². The second-order valence-corrected chi connectivity index (χ2v) is 6.14. The van der Waals surface area contributed by atoms with Crippen molar-refractivity contribution in [2.45, 2.75) is 6.18 Å². The molecular formula is C19H17F3N4O. The van der Waals surface area contributed by atoms with E-state index in [0.29, 0.717) is 43.0 Å². The van der Waals surface area contributed by atoms with Gasteiger partial charge >= 0.3 is 6.18 Å². The third kappa shape index (κ3) is 3.58. The van der Waals surface area contributed by atoms with Crippen LogP contribution in [0, 0.1) is 0 Å². The summed E-state index contributed by atoms with van der Waals surface area (Å²) in [6.07, 6.45) is -3.06. The Morgan fingerprint density at radius 2 is 1.70 bits per heavy atom. The minimum atomic E-state index is -4.43. The van der Waals surface area contributed by atoms with Crippen LogP contribution in [0.25, 0.3) is 10.9 Å². The van der Waals surface area contributed by atoms with Crippen molar-refractivity contribution in [3.8, 4) is 0 Å². The topological polar surface area (TPSA) is 41.5 Å². The van der Waals surface area contributed by atoms with Gasteiger partial charge in [0, 0.05) is 18.5 Å². The molecule has 27 heavy (non-hydrogen) atoms. The summed E-state index contributed by atoms with van der Waals surface area (Å²) in [7, 11) is 0. The molecule has 140 valence electrons. The highest BCUT2D eigenvalue weighted by Gasteiger charge is 2.31. The van der Waals surface area contributed by atoms with Crippen LogP contribution in [0.3, 0.4) is 0 Å². The van der Waals surface area contributed by atoms with Crippen LogP contribution in [0.15, 0.2) is 54.9 Å². The predicted octanol–water partition coefficient (Wildman–Crippen LogP) is 4.03. The molecule has 2 aromatic carbocycles. The van der Waals surface area contributed by atoms with Crippen LogP contribution in [0.5, 0.6) is 0 Å². The maximum Gasteiger partial charge on any atom is 0.416 e. The fraction of sp³-hybridized carbons (Fsp3) is 0.263.